The van der Waals surface area contributed by atoms with Crippen LogP contribution in [0.5, 0.6) is 0 Å². The van der Waals surface area contributed by atoms with E-state index < -0.39 is 0 Å². The molecule has 2 atom stereocenters. The Labute approximate surface area is 344 Å². The lowest BCUT2D eigenvalue weighted by Crippen LogP contribution is -2.31. The van der Waals surface area contributed by atoms with E-state index in [0.29, 0.717) is 52.5 Å². The number of hydrogen-bond acceptors (Lipinski definition) is 9. The molecule has 1 aromatic rings. The summed E-state index contributed by atoms with van der Waals surface area (Å²) in [6.45, 7) is 13.0. The molecule has 0 aromatic carbocycles. The first-order valence-electron chi connectivity index (χ1n) is 23.2. The molecule has 0 aliphatic heterocycles. The highest BCUT2D eigenvalue weighted by Gasteiger charge is 2.19. The van der Waals surface area contributed by atoms with Gasteiger partial charge in [0.05, 0.1) is 25.6 Å². The fourth-order valence-corrected chi connectivity index (χ4v) is 7.33. The van der Waals surface area contributed by atoms with E-state index in [1.807, 2.05) is 10.9 Å². The van der Waals surface area contributed by atoms with Crippen molar-refractivity contribution in [1.82, 2.24) is 19.6 Å². The molecule has 328 valence electrons. The molecule has 10 heteroatoms. The summed E-state index contributed by atoms with van der Waals surface area (Å²) in [5.74, 6) is -0.274. The van der Waals surface area contributed by atoms with Crippen LogP contribution in [0.4, 0.5) is 0 Å². The van der Waals surface area contributed by atoms with Gasteiger partial charge in [0, 0.05) is 52.2 Å². The summed E-state index contributed by atoms with van der Waals surface area (Å²) in [6.07, 6.45) is 32.6. The van der Waals surface area contributed by atoms with Crippen LogP contribution in [0.25, 0.3) is 0 Å². The molecule has 2 unspecified atom stereocenters. The van der Waals surface area contributed by atoms with E-state index in [4.69, 9.17) is 18.9 Å². The van der Waals surface area contributed by atoms with Gasteiger partial charge in [0.2, 0.25) is 0 Å². The van der Waals surface area contributed by atoms with E-state index in [0.717, 1.165) is 63.5 Å². The van der Waals surface area contributed by atoms with Crippen molar-refractivity contribution in [3.8, 4) is 0 Å². The molecule has 0 saturated heterocycles. The molecular formula is C46H88N4O6. The Hall–Kier alpha value is -2.01. The Bertz CT molecular complexity index is 983. The standard InChI is InChI=1S/C46H88N4O6/c1-7-11-15-19-21-25-29-43(27-23-17-13-9-3)55-45(51)31-33-48(38-42-37-47-50(39-42)36-35-49(40-53-5)41-54-6)34-32-46(52)56-44(28-24-18-14-10-4)30-26-22-20-16-12-8-2/h37,39,43-44H,7-36,38,40-41H2,1-6H3. The number of nitrogens with zero attached hydrogens (tertiary/aromatic N) is 4. The van der Waals surface area contributed by atoms with Crippen molar-refractivity contribution in [2.24, 2.45) is 0 Å². The number of esters is 2. The van der Waals surface area contributed by atoms with E-state index in [9.17, 15) is 9.59 Å². The molecule has 0 amide bonds. The second-order valence-corrected chi connectivity index (χ2v) is 16.2. The predicted octanol–water partition coefficient (Wildman–Crippen LogP) is 11.2. The molecule has 0 radical (unpaired) electrons. The van der Waals surface area contributed by atoms with Crippen molar-refractivity contribution in [3.63, 3.8) is 0 Å². The van der Waals surface area contributed by atoms with Gasteiger partial charge >= 0.3 is 11.9 Å². The first-order chi connectivity index (χ1) is 27.4. The third-order valence-corrected chi connectivity index (χ3v) is 10.7. The largest absolute Gasteiger partial charge is 0.462 e. The fourth-order valence-electron chi connectivity index (χ4n) is 7.33. The maximum Gasteiger partial charge on any atom is 0.307 e. The minimum absolute atomic E-state index is 0.0103. The monoisotopic (exact) mass is 793 g/mol. The average molecular weight is 793 g/mol. The highest BCUT2D eigenvalue weighted by Crippen LogP contribution is 2.19. The minimum Gasteiger partial charge on any atom is -0.462 e. The number of carbonyl (C=O) groups excluding carboxylic acids is 2. The number of methoxy groups -OCH3 is 2. The van der Waals surface area contributed by atoms with Gasteiger partial charge in [0.1, 0.15) is 25.7 Å². The summed E-state index contributed by atoms with van der Waals surface area (Å²) in [6, 6.07) is 0. The quantitative estimate of drug-likeness (QED) is 0.0365. The third-order valence-electron chi connectivity index (χ3n) is 10.7. The first kappa shape index (κ1) is 52.0. The van der Waals surface area contributed by atoms with Gasteiger partial charge in [-0.05, 0) is 51.4 Å². The Morgan fingerprint density at radius 2 is 0.964 bits per heavy atom. The van der Waals surface area contributed by atoms with Crippen LogP contribution in [0, 0.1) is 0 Å². The van der Waals surface area contributed by atoms with E-state index in [1.54, 1.807) is 14.2 Å². The second kappa shape index (κ2) is 37.3. The maximum atomic E-state index is 13.4. The van der Waals surface area contributed by atoms with Gasteiger partial charge in [-0.1, -0.05) is 130 Å². The minimum atomic E-state index is -0.137. The summed E-state index contributed by atoms with van der Waals surface area (Å²) in [4.78, 5) is 31.0. The summed E-state index contributed by atoms with van der Waals surface area (Å²) in [5, 5.41) is 4.62. The molecule has 0 saturated carbocycles. The normalized spacial score (nSPS) is 12.8. The molecule has 1 heterocycles. The van der Waals surface area contributed by atoms with Gasteiger partial charge in [-0.25, -0.2) is 0 Å². The summed E-state index contributed by atoms with van der Waals surface area (Å²) in [7, 11) is 3.36. The van der Waals surface area contributed by atoms with Gasteiger partial charge in [-0.2, -0.15) is 5.10 Å². The van der Waals surface area contributed by atoms with Gasteiger partial charge < -0.3 is 18.9 Å². The molecule has 0 N–H and O–H groups in total. The lowest BCUT2D eigenvalue weighted by molar-refractivity contribution is -0.150. The fraction of sp³-hybridized carbons (Fsp3) is 0.891. The number of carbonyl (C=O) groups is 2. The Morgan fingerprint density at radius 3 is 1.38 bits per heavy atom. The van der Waals surface area contributed by atoms with Crippen LogP contribution >= 0.6 is 0 Å². The van der Waals surface area contributed by atoms with Gasteiger partial charge in [-0.3, -0.25) is 24.1 Å². The molecule has 10 nitrogen and oxygen atoms in total. The molecular weight excluding hydrogens is 705 g/mol. The summed E-state index contributed by atoms with van der Waals surface area (Å²) in [5.41, 5.74) is 1.05. The summed E-state index contributed by atoms with van der Waals surface area (Å²) < 4.78 is 24.9. The van der Waals surface area contributed by atoms with Crippen molar-refractivity contribution in [2.45, 2.75) is 220 Å². The maximum absolute atomic E-state index is 13.4. The van der Waals surface area contributed by atoms with E-state index in [1.165, 1.54) is 103 Å². The van der Waals surface area contributed by atoms with Crippen LogP contribution in [-0.2, 0) is 41.6 Å². The van der Waals surface area contributed by atoms with Gasteiger partial charge in [0.25, 0.3) is 0 Å². The van der Waals surface area contributed by atoms with Crippen LogP contribution in [0.1, 0.15) is 200 Å². The first-order valence-corrected chi connectivity index (χ1v) is 23.2. The zero-order chi connectivity index (χ0) is 40.9. The second-order valence-electron chi connectivity index (χ2n) is 16.2. The van der Waals surface area contributed by atoms with Crippen molar-refractivity contribution < 1.29 is 28.5 Å². The van der Waals surface area contributed by atoms with Gasteiger partial charge in [0.15, 0.2) is 0 Å². The lowest BCUT2D eigenvalue weighted by Gasteiger charge is -2.23. The van der Waals surface area contributed by atoms with E-state index in [-0.39, 0.29) is 24.1 Å². The predicted molar refractivity (Wildman–Crippen MR) is 230 cm³/mol. The number of ether oxygens (including phenoxy) is 4. The van der Waals surface area contributed by atoms with Crippen molar-refractivity contribution >= 4 is 11.9 Å². The van der Waals surface area contributed by atoms with Crippen molar-refractivity contribution in [1.29, 1.82) is 0 Å². The molecule has 1 aromatic heterocycles. The van der Waals surface area contributed by atoms with Crippen LogP contribution in [0.3, 0.4) is 0 Å². The Balaban J connectivity index is 2.92. The average Bonchev–Trinajstić information content (AvgIpc) is 3.64. The summed E-state index contributed by atoms with van der Waals surface area (Å²) >= 11 is 0. The SMILES string of the molecule is CCCCCCCCC(CCCCCC)OC(=O)CCN(CCC(=O)OC(CCCCCC)CCCCCCCC)Cc1cnn(CCN(COC)COC)c1. The zero-order valence-corrected chi connectivity index (χ0v) is 37.4. The molecule has 56 heavy (non-hydrogen) atoms. The molecule has 0 aliphatic carbocycles. The van der Waals surface area contributed by atoms with Crippen LogP contribution < -0.4 is 0 Å². The Morgan fingerprint density at radius 1 is 0.571 bits per heavy atom. The number of unbranched alkanes of at least 4 members (excludes halogenated alkanes) is 16. The zero-order valence-electron chi connectivity index (χ0n) is 37.4. The topological polar surface area (TPSA) is 95.4 Å². The molecule has 0 fully saturated rings. The lowest BCUT2D eigenvalue weighted by atomic mass is 10.0. The van der Waals surface area contributed by atoms with Crippen molar-refractivity contribution in [3.05, 3.63) is 18.0 Å². The molecule has 0 spiro atoms. The van der Waals surface area contributed by atoms with Gasteiger partial charge in [-0.15, -0.1) is 0 Å². The number of rotatable bonds is 41. The third kappa shape index (κ3) is 29.2. The Kier molecular flexibility index (Phi) is 34.6. The van der Waals surface area contributed by atoms with Crippen LogP contribution in [0.15, 0.2) is 12.4 Å². The molecule has 1 rings (SSSR count). The van der Waals surface area contributed by atoms with E-state index >= 15 is 0 Å². The highest BCUT2D eigenvalue weighted by atomic mass is 16.5. The molecule has 0 bridgehead atoms. The van der Waals surface area contributed by atoms with Crippen LogP contribution in [0.2, 0.25) is 0 Å². The smallest absolute Gasteiger partial charge is 0.307 e. The van der Waals surface area contributed by atoms with Crippen LogP contribution in [-0.4, -0.2) is 91.0 Å². The highest BCUT2D eigenvalue weighted by molar-refractivity contribution is 5.70. The van der Waals surface area contributed by atoms with Crippen molar-refractivity contribution in [2.75, 3.05) is 47.3 Å². The number of aromatic nitrogens is 2. The molecule has 0 aliphatic rings. The van der Waals surface area contributed by atoms with E-state index in [2.05, 4.69) is 48.8 Å². The number of hydrogen-bond donors (Lipinski definition) is 0.